The number of benzene rings is 3. The number of carbonyl (C=O) groups is 1. The Hall–Kier alpha value is -3.83. The van der Waals surface area contributed by atoms with Crippen LogP contribution < -0.4 is 19.5 Å². The first-order valence-electron chi connectivity index (χ1n) is 9.25. The standard InChI is InChI=1S/C21H18ClN3O7S/c1-31-19-8-6-14(11-17(19)22)23-21(26)13-4-3-5-16(10-13)33(29,30)24-18-12-15(25(27)28)7-9-20(18)32-2/h3-12,24H,1-2H3,(H,23,26). The monoisotopic (exact) mass is 491 g/mol. The first-order chi connectivity index (χ1) is 15.6. The first-order valence-corrected chi connectivity index (χ1v) is 11.1. The predicted molar refractivity (Wildman–Crippen MR) is 123 cm³/mol. The molecule has 10 nitrogen and oxygen atoms in total. The minimum absolute atomic E-state index is 0.0656. The minimum atomic E-state index is -4.20. The number of nitrogens with one attached hydrogen (secondary N) is 2. The van der Waals surface area contributed by atoms with Gasteiger partial charge in [0.15, 0.2) is 0 Å². The van der Waals surface area contributed by atoms with Crippen LogP contribution in [0.5, 0.6) is 11.5 Å². The van der Waals surface area contributed by atoms with Gasteiger partial charge in [-0.15, -0.1) is 0 Å². The number of amides is 1. The molecule has 172 valence electrons. The minimum Gasteiger partial charge on any atom is -0.495 e. The molecule has 0 heterocycles. The van der Waals surface area contributed by atoms with Crippen LogP contribution in [0.2, 0.25) is 5.02 Å². The molecule has 0 spiro atoms. The Morgan fingerprint density at radius 3 is 2.33 bits per heavy atom. The summed E-state index contributed by atoms with van der Waals surface area (Å²) >= 11 is 6.06. The number of hydrogen-bond donors (Lipinski definition) is 2. The molecule has 0 aromatic heterocycles. The number of carbonyl (C=O) groups excluding carboxylic acids is 1. The summed E-state index contributed by atoms with van der Waals surface area (Å²) in [5.41, 5.74) is 0.0172. The fraction of sp³-hybridized carbons (Fsp3) is 0.0952. The largest absolute Gasteiger partial charge is 0.495 e. The zero-order valence-corrected chi connectivity index (χ0v) is 18.9. The van der Waals surface area contributed by atoms with Gasteiger partial charge in [-0.25, -0.2) is 8.42 Å². The summed E-state index contributed by atoms with van der Waals surface area (Å²) in [6.45, 7) is 0. The molecule has 2 N–H and O–H groups in total. The van der Waals surface area contributed by atoms with E-state index in [9.17, 15) is 23.3 Å². The number of anilines is 2. The van der Waals surface area contributed by atoms with Crippen molar-refractivity contribution in [2.45, 2.75) is 4.90 Å². The molecule has 0 aliphatic carbocycles. The fourth-order valence-electron chi connectivity index (χ4n) is 2.84. The molecule has 0 atom stereocenters. The van der Waals surface area contributed by atoms with Gasteiger partial charge in [0, 0.05) is 23.4 Å². The van der Waals surface area contributed by atoms with Gasteiger partial charge in [-0.1, -0.05) is 17.7 Å². The molecule has 0 unspecified atom stereocenters. The normalized spacial score (nSPS) is 10.9. The summed E-state index contributed by atoms with van der Waals surface area (Å²) < 4.78 is 38.2. The molecule has 3 aromatic rings. The Labute approximate surface area is 194 Å². The summed E-state index contributed by atoms with van der Waals surface area (Å²) in [4.78, 5) is 22.8. The van der Waals surface area contributed by atoms with Gasteiger partial charge < -0.3 is 14.8 Å². The number of nitrogens with zero attached hydrogens (tertiary/aromatic N) is 1. The fourth-order valence-corrected chi connectivity index (χ4v) is 4.21. The van der Waals surface area contributed by atoms with Crippen molar-refractivity contribution in [1.29, 1.82) is 0 Å². The van der Waals surface area contributed by atoms with Crippen LogP contribution in [-0.4, -0.2) is 33.5 Å². The Morgan fingerprint density at radius 1 is 1.00 bits per heavy atom. The number of rotatable bonds is 8. The molecule has 12 heteroatoms. The molecule has 0 bridgehead atoms. The van der Waals surface area contributed by atoms with E-state index in [-0.39, 0.29) is 27.6 Å². The van der Waals surface area contributed by atoms with Crippen molar-refractivity contribution in [1.82, 2.24) is 0 Å². The maximum absolute atomic E-state index is 12.9. The summed E-state index contributed by atoms with van der Waals surface area (Å²) in [6.07, 6.45) is 0. The number of nitro groups is 1. The molecule has 0 aliphatic heterocycles. The van der Waals surface area contributed by atoms with Gasteiger partial charge >= 0.3 is 0 Å². The number of nitro benzene ring substituents is 1. The number of ether oxygens (including phenoxy) is 2. The highest BCUT2D eigenvalue weighted by molar-refractivity contribution is 7.92. The number of hydrogen-bond acceptors (Lipinski definition) is 7. The highest BCUT2D eigenvalue weighted by Crippen LogP contribution is 2.31. The summed E-state index contributed by atoms with van der Waals surface area (Å²) in [5, 5.41) is 14.0. The quantitative estimate of drug-likeness (QED) is 0.353. The average molecular weight is 492 g/mol. The lowest BCUT2D eigenvalue weighted by atomic mass is 10.2. The predicted octanol–water partition coefficient (Wildman–Crippen LogP) is 4.32. The van der Waals surface area contributed by atoms with E-state index < -0.39 is 20.9 Å². The summed E-state index contributed by atoms with van der Waals surface area (Å²) in [5.74, 6) is -0.0407. The molecule has 0 fully saturated rings. The molecule has 0 aliphatic rings. The van der Waals surface area contributed by atoms with Gasteiger partial charge in [0.25, 0.3) is 21.6 Å². The van der Waals surface area contributed by atoms with Gasteiger partial charge in [-0.3, -0.25) is 19.6 Å². The number of halogens is 1. The third kappa shape index (κ3) is 5.51. The molecule has 1 amide bonds. The van der Waals surface area contributed by atoms with Crippen LogP contribution >= 0.6 is 11.6 Å². The summed E-state index contributed by atoms with van der Waals surface area (Å²) in [7, 11) is -1.44. The maximum Gasteiger partial charge on any atom is 0.271 e. The van der Waals surface area contributed by atoms with E-state index in [0.29, 0.717) is 16.5 Å². The molecular weight excluding hydrogens is 474 g/mol. The lowest BCUT2D eigenvalue weighted by molar-refractivity contribution is -0.384. The second kappa shape index (κ2) is 9.76. The zero-order valence-electron chi connectivity index (χ0n) is 17.4. The summed E-state index contributed by atoms with van der Waals surface area (Å²) in [6, 6.07) is 13.5. The van der Waals surface area contributed by atoms with Crippen LogP contribution in [0.1, 0.15) is 10.4 Å². The van der Waals surface area contributed by atoms with Crippen LogP contribution in [0, 0.1) is 10.1 Å². The van der Waals surface area contributed by atoms with E-state index in [2.05, 4.69) is 10.0 Å². The Morgan fingerprint density at radius 2 is 1.70 bits per heavy atom. The van der Waals surface area contributed by atoms with E-state index in [0.717, 1.165) is 6.07 Å². The molecule has 3 aromatic carbocycles. The van der Waals surface area contributed by atoms with Crippen LogP contribution in [0.15, 0.2) is 65.6 Å². The van der Waals surface area contributed by atoms with E-state index in [1.54, 1.807) is 12.1 Å². The second-order valence-electron chi connectivity index (χ2n) is 6.58. The van der Waals surface area contributed by atoms with Crippen LogP contribution in [0.25, 0.3) is 0 Å². The maximum atomic E-state index is 12.9. The van der Waals surface area contributed by atoms with Crippen molar-refractivity contribution in [3.8, 4) is 11.5 Å². The van der Waals surface area contributed by atoms with Crippen molar-refractivity contribution in [2.75, 3.05) is 24.3 Å². The van der Waals surface area contributed by atoms with E-state index >= 15 is 0 Å². The molecule has 0 saturated carbocycles. The van der Waals surface area contributed by atoms with Crippen LogP contribution in [-0.2, 0) is 10.0 Å². The highest BCUT2D eigenvalue weighted by atomic mass is 35.5. The highest BCUT2D eigenvalue weighted by Gasteiger charge is 2.20. The van der Waals surface area contributed by atoms with E-state index in [1.165, 1.54) is 56.7 Å². The zero-order chi connectivity index (χ0) is 24.2. The van der Waals surface area contributed by atoms with Crippen molar-refractivity contribution in [2.24, 2.45) is 0 Å². The van der Waals surface area contributed by atoms with Crippen molar-refractivity contribution < 1.29 is 27.6 Å². The first kappa shape index (κ1) is 23.8. The van der Waals surface area contributed by atoms with E-state index in [4.69, 9.17) is 21.1 Å². The number of sulfonamides is 1. The van der Waals surface area contributed by atoms with Gasteiger partial charge in [0.05, 0.1) is 34.7 Å². The molecule has 0 radical (unpaired) electrons. The SMILES string of the molecule is COc1ccc(NC(=O)c2cccc(S(=O)(=O)Nc3cc([N+](=O)[O-])ccc3OC)c2)cc1Cl. The smallest absolute Gasteiger partial charge is 0.271 e. The van der Waals surface area contributed by atoms with Crippen molar-refractivity contribution in [3.63, 3.8) is 0 Å². The number of methoxy groups -OCH3 is 2. The lowest BCUT2D eigenvalue weighted by Crippen LogP contribution is -2.16. The average Bonchev–Trinajstić information content (AvgIpc) is 2.79. The number of non-ortho nitro benzene ring substituents is 1. The van der Waals surface area contributed by atoms with Crippen LogP contribution in [0.4, 0.5) is 17.1 Å². The third-order valence-electron chi connectivity index (χ3n) is 4.45. The molecule has 33 heavy (non-hydrogen) atoms. The van der Waals surface area contributed by atoms with Gasteiger partial charge in [-0.2, -0.15) is 0 Å². The van der Waals surface area contributed by atoms with Gasteiger partial charge in [0.1, 0.15) is 11.5 Å². The Balaban J connectivity index is 1.86. The third-order valence-corrected chi connectivity index (χ3v) is 6.11. The van der Waals surface area contributed by atoms with Crippen LogP contribution in [0.3, 0.4) is 0 Å². The van der Waals surface area contributed by atoms with Crippen molar-refractivity contribution >= 4 is 44.6 Å². The topological polar surface area (TPSA) is 137 Å². The van der Waals surface area contributed by atoms with Crippen molar-refractivity contribution in [3.05, 3.63) is 81.4 Å². The molecular formula is C21H18ClN3O7S. The van der Waals surface area contributed by atoms with E-state index in [1.807, 2.05) is 0 Å². The van der Waals surface area contributed by atoms with Gasteiger partial charge in [0.2, 0.25) is 0 Å². The van der Waals surface area contributed by atoms with Gasteiger partial charge in [-0.05, 0) is 42.5 Å². The second-order valence-corrected chi connectivity index (χ2v) is 8.67. The Bertz CT molecular complexity index is 1330. The lowest BCUT2D eigenvalue weighted by Gasteiger charge is -2.13. The molecule has 3 rings (SSSR count). The Kier molecular flexibility index (Phi) is 7.04. The molecule has 0 saturated heterocycles.